The van der Waals surface area contributed by atoms with E-state index in [-0.39, 0.29) is 11.9 Å². The van der Waals surface area contributed by atoms with Gasteiger partial charge in [-0.15, -0.1) is 0 Å². The predicted molar refractivity (Wildman–Crippen MR) is 88.0 cm³/mol. The number of anilines is 2. The van der Waals surface area contributed by atoms with Gasteiger partial charge >= 0.3 is 6.03 Å². The van der Waals surface area contributed by atoms with Crippen molar-refractivity contribution < 1.29 is 14.3 Å². The highest BCUT2D eigenvalue weighted by molar-refractivity contribution is 5.92. The summed E-state index contributed by atoms with van der Waals surface area (Å²) < 4.78 is 5.44. The highest BCUT2D eigenvalue weighted by Crippen LogP contribution is 2.14. The Kier molecular flexibility index (Phi) is 7.99. The average molecular weight is 307 g/mol. The molecule has 0 fully saturated rings. The molecule has 1 aromatic rings. The average Bonchev–Trinajstić information content (AvgIpc) is 2.42. The zero-order valence-corrected chi connectivity index (χ0v) is 13.4. The summed E-state index contributed by atoms with van der Waals surface area (Å²) in [5.74, 6) is 0.371. The first-order chi connectivity index (χ1) is 10.5. The van der Waals surface area contributed by atoms with Crippen LogP contribution < -0.4 is 16.0 Å². The summed E-state index contributed by atoms with van der Waals surface area (Å²) in [6.07, 6.45) is 0.770. The Balaban J connectivity index is 2.26. The van der Waals surface area contributed by atoms with E-state index >= 15 is 0 Å². The second-order valence-corrected chi connectivity index (χ2v) is 5.47. The number of hydrogen-bond donors (Lipinski definition) is 3. The normalized spacial score (nSPS) is 10.4. The van der Waals surface area contributed by atoms with Crippen LogP contribution in [-0.4, -0.2) is 31.7 Å². The molecule has 0 aliphatic heterocycles. The standard InChI is InChI=1S/C16H25N3O3/c1-12(2)11-22-9-5-8-17-16(21)19-15-7-4-6-14(10-15)18-13(3)20/h4,6-7,10,12H,5,8-9,11H2,1-3H3,(H,18,20)(H2,17,19,21). The second kappa shape index (κ2) is 9.78. The molecule has 0 saturated carbocycles. The number of hydrogen-bond acceptors (Lipinski definition) is 3. The van der Waals surface area contributed by atoms with Crippen LogP contribution in [-0.2, 0) is 9.53 Å². The van der Waals surface area contributed by atoms with Crippen LogP contribution in [0.1, 0.15) is 27.2 Å². The molecule has 122 valence electrons. The monoisotopic (exact) mass is 307 g/mol. The summed E-state index contributed by atoms with van der Waals surface area (Å²) in [7, 11) is 0. The van der Waals surface area contributed by atoms with Crippen molar-refractivity contribution in [1.82, 2.24) is 5.32 Å². The van der Waals surface area contributed by atoms with Gasteiger partial charge in [-0.3, -0.25) is 4.79 Å². The molecule has 0 unspecified atom stereocenters. The SMILES string of the molecule is CC(=O)Nc1cccc(NC(=O)NCCCOCC(C)C)c1. The van der Waals surface area contributed by atoms with Crippen LogP contribution in [0.3, 0.4) is 0 Å². The third kappa shape index (κ3) is 8.26. The molecule has 0 radical (unpaired) electrons. The first-order valence-corrected chi connectivity index (χ1v) is 7.47. The van der Waals surface area contributed by atoms with Gasteiger partial charge in [0.25, 0.3) is 0 Å². The van der Waals surface area contributed by atoms with Crippen molar-refractivity contribution in [2.75, 3.05) is 30.4 Å². The van der Waals surface area contributed by atoms with E-state index in [0.29, 0.717) is 30.4 Å². The summed E-state index contributed by atoms with van der Waals surface area (Å²) in [5, 5.41) is 8.15. The number of rotatable bonds is 8. The van der Waals surface area contributed by atoms with E-state index in [9.17, 15) is 9.59 Å². The number of nitrogens with one attached hydrogen (secondary N) is 3. The molecule has 0 spiro atoms. The number of carbonyl (C=O) groups is 2. The van der Waals surface area contributed by atoms with E-state index in [2.05, 4.69) is 29.8 Å². The molecule has 0 aliphatic carbocycles. The van der Waals surface area contributed by atoms with Crippen LogP contribution in [0.4, 0.5) is 16.2 Å². The van der Waals surface area contributed by atoms with Gasteiger partial charge in [0.1, 0.15) is 0 Å². The maximum Gasteiger partial charge on any atom is 0.319 e. The summed E-state index contributed by atoms with van der Waals surface area (Å²) >= 11 is 0. The minimum absolute atomic E-state index is 0.150. The fraction of sp³-hybridized carbons (Fsp3) is 0.500. The largest absolute Gasteiger partial charge is 0.381 e. The lowest BCUT2D eigenvalue weighted by Gasteiger charge is -2.10. The molecule has 0 atom stereocenters. The van der Waals surface area contributed by atoms with E-state index in [1.807, 2.05) is 0 Å². The Hall–Kier alpha value is -2.08. The molecule has 0 bridgehead atoms. The lowest BCUT2D eigenvalue weighted by atomic mass is 10.2. The van der Waals surface area contributed by atoms with E-state index in [4.69, 9.17) is 4.74 Å². The maximum atomic E-state index is 11.7. The van der Waals surface area contributed by atoms with Crippen LogP contribution in [0.2, 0.25) is 0 Å². The fourth-order valence-corrected chi connectivity index (χ4v) is 1.75. The number of carbonyl (C=O) groups excluding carboxylic acids is 2. The molecule has 0 saturated heterocycles. The van der Waals surface area contributed by atoms with Crippen molar-refractivity contribution in [3.8, 4) is 0 Å². The van der Waals surface area contributed by atoms with Crippen LogP contribution >= 0.6 is 0 Å². The Morgan fingerprint density at radius 1 is 1.18 bits per heavy atom. The molecule has 0 heterocycles. The molecule has 3 amide bonds. The molecular weight excluding hydrogens is 282 g/mol. The minimum Gasteiger partial charge on any atom is -0.381 e. The number of benzene rings is 1. The zero-order valence-electron chi connectivity index (χ0n) is 13.4. The first-order valence-electron chi connectivity index (χ1n) is 7.47. The third-order valence-electron chi connectivity index (χ3n) is 2.64. The molecule has 1 aromatic carbocycles. The molecule has 1 rings (SSSR count). The summed E-state index contributed by atoms with van der Waals surface area (Å²) in [6, 6.07) is 6.71. The topological polar surface area (TPSA) is 79.5 Å². The van der Waals surface area contributed by atoms with Gasteiger partial charge in [-0.1, -0.05) is 19.9 Å². The maximum absolute atomic E-state index is 11.7. The predicted octanol–water partition coefficient (Wildman–Crippen LogP) is 2.83. The van der Waals surface area contributed by atoms with Crippen molar-refractivity contribution in [2.24, 2.45) is 5.92 Å². The molecule has 6 nitrogen and oxygen atoms in total. The third-order valence-corrected chi connectivity index (χ3v) is 2.64. The van der Waals surface area contributed by atoms with Gasteiger partial charge in [0, 0.05) is 38.1 Å². The minimum atomic E-state index is -0.274. The molecule has 0 aliphatic rings. The van der Waals surface area contributed by atoms with E-state index in [0.717, 1.165) is 13.0 Å². The van der Waals surface area contributed by atoms with Crippen LogP contribution in [0.25, 0.3) is 0 Å². The molecule has 6 heteroatoms. The zero-order chi connectivity index (χ0) is 16.4. The number of urea groups is 1. The van der Waals surface area contributed by atoms with Crippen molar-refractivity contribution in [2.45, 2.75) is 27.2 Å². The second-order valence-electron chi connectivity index (χ2n) is 5.47. The van der Waals surface area contributed by atoms with Gasteiger partial charge in [0.2, 0.25) is 5.91 Å². The molecule has 22 heavy (non-hydrogen) atoms. The number of amides is 3. The van der Waals surface area contributed by atoms with Crippen LogP contribution in [0, 0.1) is 5.92 Å². The molecular formula is C16H25N3O3. The van der Waals surface area contributed by atoms with Crippen molar-refractivity contribution >= 4 is 23.3 Å². The Bertz CT molecular complexity index is 489. The summed E-state index contributed by atoms with van der Waals surface area (Å²) in [4.78, 5) is 22.7. The Morgan fingerprint density at radius 3 is 2.50 bits per heavy atom. The van der Waals surface area contributed by atoms with Gasteiger partial charge in [-0.2, -0.15) is 0 Å². The summed E-state index contributed by atoms with van der Waals surface area (Å²) in [5.41, 5.74) is 1.27. The Labute approximate surface area is 131 Å². The van der Waals surface area contributed by atoms with Crippen LogP contribution in [0.15, 0.2) is 24.3 Å². The van der Waals surface area contributed by atoms with Gasteiger partial charge < -0.3 is 20.7 Å². The van der Waals surface area contributed by atoms with E-state index in [1.165, 1.54) is 6.92 Å². The smallest absolute Gasteiger partial charge is 0.319 e. The van der Waals surface area contributed by atoms with Crippen molar-refractivity contribution in [1.29, 1.82) is 0 Å². The first kappa shape index (κ1) is 18.0. The quantitative estimate of drug-likeness (QED) is 0.646. The van der Waals surface area contributed by atoms with E-state index < -0.39 is 0 Å². The summed E-state index contributed by atoms with van der Waals surface area (Å²) in [6.45, 7) is 7.56. The molecule has 0 aromatic heterocycles. The number of ether oxygens (including phenoxy) is 1. The fourth-order valence-electron chi connectivity index (χ4n) is 1.75. The van der Waals surface area contributed by atoms with Gasteiger partial charge in [0.15, 0.2) is 0 Å². The Morgan fingerprint density at radius 2 is 1.86 bits per heavy atom. The highest BCUT2D eigenvalue weighted by atomic mass is 16.5. The lowest BCUT2D eigenvalue weighted by molar-refractivity contribution is -0.114. The van der Waals surface area contributed by atoms with E-state index in [1.54, 1.807) is 24.3 Å². The highest BCUT2D eigenvalue weighted by Gasteiger charge is 2.03. The lowest BCUT2D eigenvalue weighted by Crippen LogP contribution is -2.30. The van der Waals surface area contributed by atoms with Crippen molar-refractivity contribution in [3.05, 3.63) is 24.3 Å². The van der Waals surface area contributed by atoms with Crippen LogP contribution in [0.5, 0.6) is 0 Å². The van der Waals surface area contributed by atoms with Crippen molar-refractivity contribution in [3.63, 3.8) is 0 Å². The molecule has 3 N–H and O–H groups in total. The van der Waals surface area contributed by atoms with Gasteiger partial charge in [0.05, 0.1) is 0 Å². The van der Waals surface area contributed by atoms with Gasteiger partial charge in [-0.25, -0.2) is 4.79 Å². The van der Waals surface area contributed by atoms with Gasteiger partial charge in [-0.05, 0) is 30.5 Å².